The molecule has 1 aromatic rings. The third-order valence-electron chi connectivity index (χ3n) is 4.58. The van der Waals surface area contributed by atoms with Gasteiger partial charge in [-0.1, -0.05) is 19.8 Å². The third-order valence-corrected chi connectivity index (χ3v) is 5.82. The standard InChI is InChI=1S/C17H27NO2S/c1-3-17(2,10-11-19)18-16(20)15-12-13-8-6-4-5-7-9-14(13)21-15/h12,19H,3-11H2,1-2H3,(H,18,20). The molecule has 0 aliphatic heterocycles. The highest BCUT2D eigenvalue weighted by molar-refractivity contribution is 7.14. The fourth-order valence-electron chi connectivity index (χ4n) is 2.87. The first-order chi connectivity index (χ1) is 10.1. The van der Waals surface area contributed by atoms with E-state index >= 15 is 0 Å². The lowest BCUT2D eigenvalue weighted by Gasteiger charge is -2.28. The minimum absolute atomic E-state index is 0.0181. The molecule has 1 aliphatic carbocycles. The van der Waals surface area contributed by atoms with Crippen LogP contribution < -0.4 is 5.32 Å². The molecule has 0 aromatic carbocycles. The zero-order chi connectivity index (χ0) is 15.3. The second kappa shape index (κ2) is 7.41. The summed E-state index contributed by atoms with van der Waals surface area (Å²) in [7, 11) is 0. The van der Waals surface area contributed by atoms with Crippen LogP contribution in [0.2, 0.25) is 0 Å². The van der Waals surface area contributed by atoms with Crippen molar-refractivity contribution in [1.82, 2.24) is 5.32 Å². The molecule has 1 unspecified atom stereocenters. The van der Waals surface area contributed by atoms with Gasteiger partial charge in [0.2, 0.25) is 0 Å². The van der Waals surface area contributed by atoms with Gasteiger partial charge in [-0.3, -0.25) is 4.79 Å². The molecule has 1 atom stereocenters. The number of thiophene rings is 1. The normalized spacial score (nSPS) is 18.2. The fraction of sp³-hybridized carbons (Fsp3) is 0.706. The molecular weight excluding hydrogens is 282 g/mol. The van der Waals surface area contributed by atoms with E-state index in [4.69, 9.17) is 5.11 Å². The first-order valence-electron chi connectivity index (χ1n) is 8.13. The second-order valence-electron chi connectivity index (χ2n) is 6.32. The number of aryl methyl sites for hydroxylation is 2. The lowest BCUT2D eigenvalue weighted by Crippen LogP contribution is -2.45. The number of fused-ring (bicyclic) bond motifs is 1. The molecule has 1 amide bonds. The van der Waals surface area contributed by atoms with Crippen LogP contribution in [-0.4, -0.2) is 23.2 Å². The Morgan fingerprint density at radius 2 is 2.05 bits per heavy atom. The predicted octanol–water partition coefficient (Wildman–Crippen LogP) is 3.69. The zero-order valence-electron chi connectivity index (χ0n) is 13.2. The second-order valence-corrected chi connectivity index (χ2v) is 7.45. The summed E-state index contributed by atoms with van der Waals surface area (Å²) in [6.07, 6.45) is 8.75. The Labute approximate surface area is 131 Å². The van der Waals surface area contributed by atoms with E-state index < -0.39 is 0 Å². The van der Waals surface area contributed by atoms with Crippen LogP contribution in [-0.2, 0) is 12.8 Å². The first kappa shape index (κ1) is 16.5. The maximum atomic E-state index is 12.5. The van der Waals surface area contributed by atoms with Crippen LogP contribution in [0.3, 0.4) is 0 Å². The van der Waals surface area contributed by atoms with Crippen LogP contribution in [0.15, 0.2) is 6.07 Å². The van der Waals surface area contributed by atoms with Crippen molar-refractivity contribution in [3.63, 3.8) is 0 Å². The molecule has 1 aromatic heterocycles. The molecule has 21 heavy (non-hydrogen) atoms. The quantitative estimate of drug-likeness (QED) is 0.871. The molecule has 4 heteroatoms. The van der Waals surface area contributed by atoms with E-state index in [9.17, 15) is 4.79 Å². The minimum Gasteiger partial charge on any atom is -0.396 e. The summed E-state index contributed by atoms with van der Waals surface area (Å²) < 4.78 is 0. The van der Waals surface area contributed by atoms with Crippen molar-refractivity contribution in [3.8, 4) is 0 Å². The smallest absolute Gasteiger partial charge is 0.261 e. The maximum Gasteiger partial charge on any atom is 0.261 e. The molecule has 118 valence electrons. The monoisotopic (exact) mass is 309 g/mol. The molecule has 1 heterocycles. The summed E-state index contributed by atoms with van der Waals surface area (Å²) in [6, 6.07) is 2.09. The Balaban J connectivity index is 2.10. The summed E-state index contributed by atoms with van der Waals surface area (Å²) in [5.41, 5.74) is 1.06. The largest absolute Gasteiger partial charge is 0.396 e. The predicted molar refractivity (Wildman–Crippen MR) is 88.1 cm³/mol. The topological polar surface area (TPSA) is 49.3 Å². The van der Waals surface area contributed by atoms with Crippen LogP contribution in [0.4, 0.5) is 0 Å². The SMILES string of the molecule is CCC(C)(CCO)NC(=O)c1cc2c(s1)CCCCCC2. The Morgan fingerprint density at radius 1 is 1.33 bits per heavy atom. The van der Waals surface area contributed by atoms with E-state index in [1.807, 2.05) is 13.8 Å². The number of hydrogen-bond acceptors (Lipinski definition) is 3. The Bertz CT molecular complexity index is 458. The average Bonchev–Trinajstić information content (AvgIpc) is 2.81. The van der Waals surface area contributed by atoms with Gasteiger partial charge in [-0.2, -0.15) is 0 Å². The van der Waals surface area contributed by atoms with Crippen molar-refractivity contribution < 1.29 is 9.90 Å². The molecule has 0 spiro atoms. The number of carbonyl (C=O) groups excluding carboxylic acids is 1. The van der Waals surface area contributed by atoms with E-state index in [1.165, 1.54) is 36.1 Å². The summed E-state index contributed by atoms with van der Waals surface area (Å²) in [5.74, 6) is 0.0181. The Kier molecular flexibility index (Phi) is 5.82. The number of aliphatic hydroxyl groups excluding tert-OH is 1. The lowest BCUT2D eigenvalue weighted by atomic mass is 9.94. The fourth-order valence-corrected chi connectivity index (χ4v) is 4.02. The van der Waals surface area contributed by atoms with Gasteiger partial charge in [-0.15, -0.1) is 11.3 Å². The van der Waals surface area contributed by atoms with Gasteiger partial charge in [0.25, 0.3) is 5.91 Å². The van der Waals surface area contributed by atoms with Gasteiger partial charge >= 0.3 is 0 Å². The summed E-state index contributed by atoms with van der Waals surface area (Å²) in [4.78, 5) is 14.7. The van der Waals surface area contributed by atoms with Crippen molar-refractivity contribution in [3.05, 3.63) is 21.4 Å². The molecule has 0 bridgehead atoms. The lowest BCUT2D eigenvalue weighted by molar-refractivity contribution is 0.0890. The Hall–Kier alpha value is -0.870. The number of rotatable bonds is 5. The molecular formula is C17H27NO2S. The van der Waals surface area contributed by atoms with Gasteiger partial charge in [-0.05, 0) is 57.1 Å². The number of hydrogen-bond donors (Lipinski definition) is 2. The maximum absolute atomic E-state index is 12.5. The molecule has 0 saturated heterocycles. The number of carbonyl (C=O) groups is 1. The van der Waals surface area contributed by atoms with E-state index in [0.29, 0.717) is 6.42 Å². The van der Waals surface area contributed by atoms with Crippen LogP contribution >= 0.6 is 11.3 Å². The third kappa shape index (κ3) is 4.30. The molecule has 2 N–H and O–H groups in total. The highest BCUT2D eigenvalue weighted by Gasteiger charge is 2.25. The number of aliphatic hydroxyl groups is 1. The van der Waals surface area contributed by atoms with Crippen LogP contribution in [0.1, 0.15) is 72.5 Å². The first-order valence-corrected chi connectivity index (χ1v) is 8.94. The van der Waals surface area contributed by atoms with E-state index in [0.717, 1.165) is 24.1 Å². The van der Waals surface area contributed by atoms with Gasteiger partial charge in [0, 0.05) is 17.0 Å². The van der Waals surface area contributed by atoms with E-state index in [1.54, 1.807) is 11.3 Å². The van der Waals surface area contributed by atoms with E-state index in [2.05, 4.69) is 11.4 Å². The summed E-state index contributed by atoms with van der Waals surface area (Å²) in [5, 5.41) is 12.3. The molecule has 3 nitrogen and oxygen atoms in total. The van der Waals surface area contributed by atoms with Crippen molar-refractivity contribution in [2.24, 2.45) is 0 Å². The summed E-state index contributed by atoms with van der Waals surface area (Å²) in [6.45, 7) is 4.15. The average molecular weight is 309 g/mol. The van der Waals surface area contributed by atoms with Crippen molar-refractivity contribution in [1.29, 1.82) is 0 Å². The molecule has 1 aliphatic rings. The number of nitrogens with one attached hydrogen (secondary N) is 1. The van der Waals surface area contributed by atoms with Gasteiger partial charge < -0.3 is 10.4 Å². The van der Waals surface area contributed by atoms with Gasteiger partial charge in [0.05, 0.1) is 4.88 Å². The summed E-state index contributed by atoms with van der Waals surface area (Å²) >= 11 is 1.66. The molecule has 0 radical (unpaired) electrons. The van der Waals surface area contributed by atoms with Gasteiger partial charge in [0.1, 0.15) is 0 Å². The molecule has 2 rings (SSSR count). The number of amides is 1. The van der Waals surface area contributed by atoms with Crippen molar-refractivity contribution in [2.45, 2.75) is 70.8 Å². The molecule has 0 saturated carbocycles. The highest BCUT2D eigenvalue weighted by Crippen LogP contribution is 2.29. The van der Waals surface area contributed by atoms with Gasteiger partial charge in [0.15, 0.2) is 0 Å². The highest BCUT2D eigenvalue weighted by atomic mass is 32.1. The van der Waals surface area contributed by atoms with E-state index in [-0.39, 0.29) is 18.1 Å². The minimum atomic E-state index is -0.315. The van der Waals surface area contributed by atoms with Crippen molar-refractivity contribution in [2.75, 3.05) is 6.61 Å². The van der Waals surface area contributed by atoms with Crippen LogP contribution in [0.5, 0.6) is 0 Å². The van der Waals surface area contributed by atoms with Crippen molar-refractivity contribution >= 4 is 17.2 Å². The van der Waals surface area contributed by atoms with Gasteiger partial charge in [-0.25, -0.2) is 0 Å². The van der Waals surface area contributed by atoms with Crippen LogP contribution in [0, 0.1) is 0 Å². The molecule has 0 fully saturated rings. The Morgan fingerprint density at radius 3 is 2.71 bits per heavy atom. The zero-order valence-corrected chi connectivity index (χ0v) is 14.0. The van der Waals surface area contributed by atoms with Crippen LogP contribution in [0.25, 0.3) is 0 Å².